The van der Waals surface area contributed by atoms with Crippen LogP contribution in [0, 0.1) is 0 Å². The largest absolute Gasteiger partial charge is 0.372 e. The minimum Gasteiger partial charge on any atom is -0.372 e. The fraction of sp³-hybridized carbons (Fsp3) is 0.600. The third-order valence-corrected chi connectivity index (χ3v) is 4.09. The zero-order chi connectivity index (χ0) is 12.3. The van der Waals surface area contributed by atoms with Gasteiger partial charge in [0, 0.05) is 19.6 Å². The molecule has 0 unspecified atom stereocenters. The van der Waals surface area contributed by atoms with Crippen LogP contribution < -0.4 is 5.32 Å². The van der Waals surface area contributed by atoms with E-state index in [2.05, 4.69) is 40.5 Å². The average Bonchev–Trinajstić information content (AvgIpc) is 2.41. The highest BCUT2D eigenvalue weighted by Gasteiger charge is 2.37. The minimum absolute atomic E-state index is 0.123. The smallest absolute Gasteiger partial charge is 0.0833 e. The fourth-order valence-corrected chi connectivity index (χ4v) is 3.08. The maximum absolute atomic E-state index is 6.09. The number of benzene rings is 1. The number of rotatable bonds is 2. The van der Waals surface area contributed by atoms with E-state index in [1.54, 1.807) is 0 Å². The zero-order valence-electron chi connectivity index (χ0n) is 10.9. The quantitative estimate of drug-likeness (QED) is 0.858. The molecule has 1 aromatic carbocycles. The van der Waals surface area contributed by atoms with Gasteiger partial charge in [-0.05, 0) is 31.5 Å². The molecule has 1 spiro atoms. The van der Waals surface area contributed by atoms with Gasteiger partial charge in [0.25, 0.3) is 0 Å². The predicted octanol–water partition coefficient (Wildman–Crippen LogP) is 1.64. The van der Waals surface area contributed by atoms with Crippen LogP contribution in [0.3, 0.4) is 0 Å². The number of morpholine rings is 1. The van der Waals surface area contributed by atoms with Crippen molar-refractivity contribution in [1.82, 2.24) is 10.2 Å². The molecule has 0 aliphatic carbocycles. The number of piperidine rings is 1. The van der Waals surface area contributed by atoms with E-state index in [0.29, 0.717) is 0 Å². The summed E-state index contributed by atoms with van der Waals surface area (Å²) in [5.41, 5.74) is 1.53. The highest BCUT2D eigenvalue weighted by molar-refractivity contribution is 5.14. The standard InChI is InChI=1S/C15H22N2O/c1-2-4-14(5-3-1)12-17-10-11-18-15(13-17)6-8-16-9-7-15/h1-5,16H,6-13H2. The van der Waals surface area contributed by atoms with Gasteiger partial charge in [-0.2, -0.15) is 0 Å². The van der Waals surface area contributed by atoms with E-state index >= 15 is 0 Å². The Morgan fingerprint density at radius 2 is 1.94 bits per heavy atom. The minimum atomic E-state index is 0.123. The highest BCUT2D eigenvalue weighted by atomic mass is 16.5. The summed E-state index contributed by atoms with van der Waals surface area (Å²) in [6.07, 6.45) is 2.30. The Hall–Kier alpha value is -0.900. The Labute approximate surface area is 109 Å². The lowest BCUT2D eigenvalue weighted by atomic mass is 9.90. The lowest BCUT2D eigenvalue weighted by Gasteiger charge is -2.45. The number of hydrogen-bond donors (Lipinski definition) is 1. The first-order valence-corrected chi connectivity index (χ1v) is 6.97. The molecule has 2 aliphatic heterocycles. The van der Waals surface area contributed by atoms with Gasteiger partial charge in [-0.25, -0.2) is 0 Å². The van der Waals surface area contributed by atoms with Crippen molar-refractivity contribution in [1.29, 1.82) is 0 Å². The molecule has 1 N–H and O–H groups in total. The molecule has 0 amide bonds. The van der Waals surface area contributed by atoms with Crippen LogP contribution in [0.25, 0.3) is 0 Å². The van der Waals surface area contributed by atoms with Crippen molar-refractivity contribution in [3.63, 3.8) is 0 Å². The van der Waals surface area contributed by atoms with E-state index in [1.165, 1.54) is 5.56 Å². The van der Waals surface area contributed by atoms with Gasteiger partial charge in [0.05, 0.1) is 12.2 Å². The molecule has 3 nitrogen and oxygen atoms in total. The predicted molar refractivity (Wildman–Crippen MR) is 72.5 cm³/mol. The molecule has 0 atom stereocenters. The molecule has 98 valence electrons. The summed E-state index contributed by atoms with van der Waals surface area (Å²) in [4.78, 5) is 2.55. The summed E-state index contributed by atoms with van der Waals surface area (Å²) in [5, 5.41) is 3.42. The Balaban J connectivity index is 1.63. The van der Waals surface area contributed by atoms with Crippen molar-refractivity contribution < 1.29 is 4.74 Å². The Kier molecular flexibility index (Phi) is 3.64. The molecule has 1 aromatic rings. The van der Waals surface area contributed by atoms with Crippen LogP contribution in [0.5, 0.6) is 0 Å². The number of nitrogens with one attached hydrogen (secondary N) is 1. The van der Waals surface area contributed by atoms with Crippen LogP contribution in [-0.2, 0) is 11.3 Å². The molecule has 18 heavy (non-hydrogen) atoms. The Morgan fingerprint density at radius 3 is 2.72 bits per heavy atom. The molecular formula is C15H22N2O. The van der Waals surface area contributed by atoms with E-state index in [4.69, 9.17) is 4.74 Å². The highest BCUT2D eigenvalue weighted by Crippen LogP contribution is 2.28. The first-order chi connectivity index (χ1) is 8.86. The van der Waals surface area contributed by atoms with E-state index in [0.717, 1.165) is 52.2 Å². The second kappa shape index (κ2) is 5.39. The van der Waals surface area contributed by atoms with Crippen LogP contribution >= 0.6 is 0 Å². The van der Waals surface area contributed by atoms with Crippen molar-refractivity contribution in [3.05, 3.63) is 35.9 Å². The summed E-state index contributed by atoms with van der Waals surface area (Å²) in [5.74, 6) is 0. The van der Waals surface area contributed by atoms with E-state index in [9.17, 15) is 0 Å². The van der Waals surface area contributed by atoms with Crippen LogP contribution in [0.4, 0.5) is 0 Å². The monoisotopic (exact) mass is 246 g/mol. The van der Waals surface area contributed by atoms with Crippen molar-refractivity contribution >= 4 is 0 Å². The molecule has 0 bridgehead atoms. The fourth-order valence-electron chi connectivity index (χ4n) is 3.08. The van der Waals surface area contributed by atoms with E-state index < -0.39 is 0 Å². The van der Waals surface area contributed by atoms with Gasteiger partial charge in [0.2, 0.25) is 0 Å². The molecule has 0 aromatic heterocycles. The van der Waals surface area contributed by atoms with Crippen molar-refractivity contribution in [2.45, 2.75) is 25.0 Å². The molecular weight excluding hydrogens is 224 g/mol. The van der Waals surface area contributed by atoms with Gasteiger partial charge in [0.1, 0.15) is 0 Å². The maximum atomic E-state index is 6.09. The van der Waals surface area contributed by atoms with Crippen molar-refractivity contribution in [2.75, 3.05) is 32.8 Å². The molecule has 2 aliphatic rings. The normalized spacial score (nSPS) is 24.2. The lowest BCUT2D eigenvalue weighted by molar-refractivity contribution is -0.125. The van der Waals surface area contributed by atoms with E-state index in [-0.39, 0.29) is 5.60 Å². The SMILES string of the molecule is c1ccc(CN2CCOC3(CCNCC3)C2)cc1. The number of hydrogen-bond acceptors (Lipinski definition) is 3. The van der Waals surface area contributed by atoms with Gasteiger partial charge < -0.3 is 10.1 Å². The molecule has 2 heterocycles. The lowest BCUT2D eigenvalue weighted by Crippen LogP contribution is -2.55. The average molecular weight is 246 g/mol. The van der Waals surface area contributed by atoms with Gasteiger partial charge in [-0.3, -0.25) is 4.90 Å². The maximum Gasteiger partial charge on any atom is 0.0833 e. The third-order valence-electron chi connectivity index (χ3n) is 4.09. The van der Waals surface area contributed by atoms with Crippen LogP contribution in [0.15, 0.2) is 30.3 Å². The summed E-state index contributed by atoms with van der Waals surface area (Å²) in [6.45, 7) is 6.28. The van der Waals surface area contributed by atoms with Crippen LogP contribution in [-0.4, -0.2) is 43.3 Å². The second-order valence-corrected chi connectivity index (χ2v) is 5.48. The summed E-state index contributed by atoms with van der Waals surface area (Å²) in [6, 6.07) is 10.7. The molecule has 2 saturated heterocycles. The van der Waals surface area contributed by atoms with Crippen molar-refractivity contribution in [3.8, 4) is 0 Å². The summed E-state index contributed by atoms with van der Waals surface area (Å²) in [7, 11) is 0. The van der Waals surface area contributed by atoms with Gasteiger partial charge in [0.15, 0.2) is 0 Å². The van der Waals surface area contributed by atoms with Crippen LogP contribution in [0.2, 0.25) is 0 Å². The molecule has 2 fully saturated rings. The topological polar surface area (TPSA) is 24.5 Å². The Morgan fingerprint density at radius 1 is 1.17 bits per heavy atom. The van der Waals surface area contributed by atoms with Gasteiger partial charge >= 0.3 is 0 Å². The first-order valence-electron chi connectivity index (χ1n) is 6.97. The molecule has 0 saturated carbocycles. The Bertz CT molecular complexity index is 368. The zero-order valence-corrected chi connectivity index (χ0v) is 10.9. The number of ether oxygens (including phenoxy) is 1. The number of nitrogens with zero attached hydrogens (tertiary/aromatic N) is 1. The van der Waals surface area contributed by atoms with Gasteiger partial charge in [-0.1, -0.05) is 30.3 Å². The molecule has 3 heteroatoms. The summed E-state index contributed by atoms with van der Waals surface area (Å²) >= 11 is 0. The molecule has 3 rings (SSSR count). The first kappa shape index (κ1) is 12.2. The third kappa shape index (κ3) is 2.74. The van der Waals surface area contributed by atoms with Crippen LogP contribution in [0.1, 0.15) is 18.4 Å². The molecule has 0 radical (unpaired) electrons. The second-order valence-electron chi connectivity index (χ2n) is 5.48. The van der Waals surface area contributed by atoms with Gasteiger partial charge in [-0.15, -0.1) is 0 Å². The van der Waals surface area contributed by atoms with Crippen molar-refractivity contribution in [2.24, 2.45) is 0 Å². The van der Waals surface area contributed by atoms with E-state index in [1.807, 2.05) is 0 Å². The summed E-state index contributed by atoms with van der Waals surface area (Å²) < 4.78 is 6.09.